The van der Waals surface area contributed by atoms with Gasteiger partial charge in [-0.05, 0) is 77.5 Å². The lowest BCUT2D eigenvalue weighted by molar-refractivity contribution is -0.181. The first kappa shape index (κ1) is 27.4. The zero-order valence-corrected chi connectivity index (χ0v) is 22.7. The van der Waals surface area contributed by atoms with Gasteiger partial charge in [0.2, 0.25) is 5.91 Å². The number of amides is 1. The number of aromatic hydroxyl groups is 1. The van der Waals surface area contributed by atoms with E-state index in [9.17, 15) is 34.2 Å². The number of phenols is 1. The fourth-order valence-corrected chi connectivity index (χ4v) is 7.43. The molecule has 3 fully saturated rings. The topological polar surface area (TPSA) is 162 Å². The van der Waals surface area contributed by atoms with Crippen molar-refractivity contribution in [1.29, 1.82) is 0 Å². The number of hydrogen-bond donors (Lipinski definition) is 3. The number of carbonyl (C=O) groups is 5. The second-order valence-electron chi connectivity index (χ2n) is 11.9. The molecule has 210 valence electrons. The smallest absolute Gasteiger partial charge is 0.235 e. The average molecular weight is 541 g/mol. The number of fused-ring (bicyclic) bond motifs is 3. The van der Waals surface area contributed by atoms with Crippen LogP contribution in [-0.2, 0) is 25.6 Å². The average Bonchev–Trinajstić information content (AvgIpc) is 2.86. The van der Waals surface area contributed by atoms with E-state index < -0.39 is 64.4 Å². The van der Waals surface area contributed by atoms with Crippen LogP contribution in [0.25, 0.3) is 0 Å². The van der Waals surface area contributed by atoms with E-state index in [1.807, 2.05) is 11.9 Å². The molecule has 6 atom stereocenters. The molecular formula is C28H36N4O7. The summed E-state index contributed by atoms with van der Waals surface area (Å²) < 4.78 is 0. The van der Waals surface area contributed by atoms with Crippen LogP contribution in [0, 0.1) is 23.7 Å². The van der Waals surface area contributed by atoms with Crippen molar-refractivity contribution in [3.63, 3.8) is 0 Å². The number of likely N-dealkylation sites (tertiary alicyclic amines) is 1. The predicted octanol–water partition coefficient (Wildman–Crippen LogP) is -0.603. The minimum atomic E-state index is -2.71. The van der Waals surface area contributed by atoms with E-state index in [1.54, 1.807) is 26.2 Å². The molecule has 1 aromatic carbocycles. The molecular weight excluding hydrogens is 504 g/mol. The summed E-state index contributed by atoms with van der Waals surface area (Å²) in [6.07, 6.45) is 2.09. The predicted molar refractivity (Wildman–Crippen MR) is 140 cm³/mol. The molecule has 0 bridgehead atoms. The quantitative estimate of drug-likeness (QED) is 0.421. The highest BCUT2D eigenvalue weighted by atomic mass is 16.3. The Morgan fingerprint density at radius 3 is 2.31 bits per heavy atom. The maximum atomic E-state index is 13.9. The molecule has 1 saturated heterocycles. The van der Waals surface area contributed by atoms with Gasteiger partial charge in [-0.1, -0.05) is 6.07 Å². The van der Waals surface area contributed by atoms with Gasteiger partial charge in [0, 0.05) is 19.0 Å². The molecule has 1 heterocycles. The Kier molecular flexibility index (Phi) is 6.68. The van der Waals surface area contributed by atoms with Crippen LogP contribution >= 0.6 is 0 Å². The highest BCUT2D eigenvalue weighted by Crippen LogP contribution is 2.51. The second-order valence-corrected chi connectivity index (χ2v) is 11.9. The van der Waals surface area contributed by atoms with Crippen molar-refractivity contribution in [2.24, 2.45) is 29.4 Å². The number of aliphatic hydroxyl groups is 1. The molecule has 3 aliphatic carbocycles. The standard InChI is InChI=1S/C28H36N4O7/c1-30(2)21-16-12-14-11-13-5-6-17(32(4)15-7-9-31(3)10-8-15)22(33)18(13)23(34)19(14)25(36)28(16,39)26(37)20(24(21)35)27(29)38/h5-6,14-16,19-21,33,39H,7-12H2,1-4H3,(H2,29,38)/t14-,16-,19?,20?,21-,28-/m0/s1. The Hall–Kier alpha value is -3.15. The second kappa shape index (κ2) is 9.50. The third kappa shape index (κ3) is 3.93. The molecule has 2 unspecified atom stereocenters. The lowest BCUT2D eigenvalue weighted by Crippen LogP contribution is -2.74. The first-order valence-electron chi connectivity index (χ1n) is 13.4. The van der Waals surface area contributed by atoms with Gasteiger partial charge in [-0.15, -0.1) is 0 Å². The number of anilines is 1. The number of nitrogens with zero attached hydrogens (tertiary/aromatic N) is 3. The number of likely N-dealkylation sites (N-methyl/N-ethyl adjacent to an activating group) is 1. The summed E-state index contributed by atoms with van der Waals surface area (Å²) in [4.78, 5) is 72.1. The van der Waals surface area contributed by atoms with E-state index in [-0.39, 0.29) is 30.2 Å². The van der Waals surface area contributed by atoms with Crippen LogP contribution in [0.3, 0.4) is 0 Å². The molecule has 1 amide bonds. The summed E-state index contributed by atoms with van der Waals surface area (Å²) in [6.45, 7) is 1.82. The highest BCUT2D eigenvalue weighted by molar-refractivity contribution is 6.32. The third-order valence-electron chi connectivity index (χ3n) is 9.53. The summed E-state index contributed by atoms with van der Waals surface area (Å²) in [5.41, 5.74) is 3.75. The Balaban J connectivity index is 1.54. The molecule has 1 aliphatic heterocycles. The van der Waals surface area contributed by atoms with Crippen LogP contribution in [0.4, 0.5) is 5.69 Å². The molecule has 11 nitrogen and oxygen atoms in total. The minimum Gasteiger partial charge on any atom is -0.505 e. The molecule has 11 heteroatoms. The summed E-state index contributed by atoms with van der Waals surface area (Å²) in [6, 6.07) is 2.64. The van der Waals surface area contributed by atoms with Gasteiger partial charge < -0.3 is 25.7 Å². The van der Waals surface area contributed by atoms with Gasteiger partial charge in [0.25, 0.3) is 0 Å². The van der Waals surface area contributed by atoms with Crippen molar-refractivity contribution in [2.45, 2.75) is 43.4 Å². The van der Waals surface area contributed by atoms with Crippen LogP contribution < -0.4 is 10.6 Å². The van der Waals surface area contributed by atoms with E-state index in [0.717, 1.165) is 25.9 Å². The van der Waals surface area contributed by atoms with Crippen molar-refractivity contribution in [3.8, 4) is 5.75 Å². The van der Waals surface area contributed by atoms with Gasteiger partial charge in [-0.2, -0.15) is 0 Å². The molecule has 0 radical (unpaired) electrons. The summed E-state index contributed by atoms with van der Waals surface area (Å²) in [5.74, 6) is -10.2. The van der Waals surface area contributed by atoms with Crippen LogP contribution in [0.2, 0.25) is 0 Å². The highest BCUT2D eigenvalue weighted by Gasteiger charge is 2.69. The molecule has 4 N–H and O–H groups in total. The fraction of sp³-hybridized carbons (Fsp3) is 0.607. The molecule has 1 aromatic rings. The van der Waals surface area contributed by atoms with Crippen molar-refractivity contribution >= 4 is 34.7 Å². The Bertz CT molecular complexity index is 1270. The monoisotopic (exact) mass is 540 g/mol. The Morgan fingerprint density at radius 1 is 1.08 bits per heavy atom. The Labute approximate surface area is 226 Å². The first-order chi connectivity index (χ1) is 18.3. The van der Waals surface area contributed by atoms with Crippen LogP contribution in [-0.4, -0.2) is 108 Å². The SMILES string of the molecule is CN1CCC(N(C)c2ccc3c(c2O)C(=O)C2C(=O)[C@]4(O)C(=O)C(C(N)=O)C(=O)[C@@H](N(C)C)[C@@H]4C[C@@H]2C3)CC1. The van der Waals surface area contributed by atoms with Gasteiger partial charge in [0.15, 0.2) is 34.7 Å². The third-order valence-corrected chi connectivity index (χ3v) is 9.53. The fourth-order valence-electron chi connectivity index (χ4n) is 7.43. The lowest BCUT2D eigenvalue weighted by Gasteiger charge is -2.52. The molecule has 4 aliphatic rings. The number of rotatable bonds is 4. The number of piperidine rings is 1. The van der Waals surface area contributed by atoms with E-state index >= 15 is 0 Å². The number of phenolic OH excluding ortho intramolecular Hbond substituents is 1. The number of carbonyl (C=O) groups excluding carboxylic acids is 5. The van der Waals surface area contributed by atoms with Gasteiger partial charge in [-0.3, -0.25) is 28.9 Å². The summed E-state index contributed by atoms with van der Waals surface area (Å²) >= 11 is 0. The number of Topliss-reactive ketones (excluding diaryl/α,β-unsaturated/α-hetero) is 4. The maximum Gasteiger partial charge on any atom is 0.235 e. The van der Waals surface area contributed by atoms with Crippen molar-refractivity contribution in [2.75, 3.05) is 46.2 Å². The Morgan fingerprint density at radius 2 is 1.72 bits per heavy atom. The minimum absolute atomic E-state index is 0.0267. The van der Waals surface area contributed by atoms with Gasteiger partial charge in [0.1, 0.15) is 5.75 Å². The number of ketones is 4. The maximum absolute atomic E-state index is 13.9. The van der Waals surface area contributed by atoms with E-state index in [2.05, 4.69) is 11.9 Å². The zero-order valence-electron chi connectivity index (χ0n) is 22.7. The molecule has 2 saturated carbocycles. The number of benzene rings is 1. The lowest BCUT2D eigenvalue weighted by atomic mass is 9.52. The van der Waals surface area contributed by atoms with Gasteiger partial charge >= 0.3 is 0 Å². The zero-order chi connectivity index (χ0) is 28.5. The van der Waals surface area contributed by atoms with Crippen LogP contribution in [0.5, 0.6) is 5.75 Å². The number of nitrogens with two attached hydrogens (primary N) is 1. The van der Waals surface area contributed by atoms with E-state index in [4.69, 9.17) is 5.73 Å². The molecule has 39 heavy (non-hydrogen) atoms. The van der Waals surface area contributed by atoms with E-state index in [1.165, 1.54) is 4.90 Å². The number of primary amides is 1. The van der Waals surface area contributed by atoms with Gasteiger partial charge in [0.05, 0.1) is 23.2 Å². The summed E-state index contributed by atoms with van der Waals surface area (Å²) in [7, 11) is 7.06. The number of hydrogen-bond acceptors (Lipinski definition) is 10. The van der Waals surface area contributed by atoms with Crippen molar-refractivity contribution in [3.05, 3.63) is 23.3 Å². The largest absolute Gasteiger partial charge is 0.505 e. The van der Waals surface area contributed by atoms with Crippen molar-refractivity contribution < 1.29 is 34.2 Å². The molecule has 0 spiro atoms. The van der Waals surface area contributed by atoms with E-state index in [0.29, 0.717) is 11.3 Å². The van der Waals surface area contributed by atoms with Crippen LogP contribution in [0.15, 0.2) is 12.1 Å². The van der Waals surface area contributed by atoms with Crippen LogP contribution in [0.1, 0.15) is 35.2 Å². The molecule has 0 aromatic heterocycles. The van der Waals surface area contributed by atoms with Crippen molar-refractivity contribution in [1.82, 2.24) is 9.80 Å². The molecule has 5 rings (SSSR count). The summed E-state index contributed by atoms with van der Waals surface area (Å²) in [5, 5.41) is 23.0. The van der Waals surface area contributed by atoms with Gasteiger partial charge in [-0.25, -0.2) is 0 Å². The first-order valence-corrected chi connectivity index (χ1v) is 13.4. The normalized spacial score (nSPS) is 33.5.